The molecule has 18 heavy (non-hydrogen) atoms. The van der Waals surface area contributed by atoms with Gasteiger partial charge >= 0.3 is 0 Å². The Morgan fingerprint density at radius 3 is 3.00 bits per heavy atom. The van der Waals surface area contributed by atoms with Crippen LogP contribution in [-0.4, -0.2) is 14.9 Å². The van der Waals surface area contributed by atoms with Crippen molar-refractivity contribution >= 4 is 11.0 Å². The summed E-state index contributed by atoms with van der Waals surface area (Å²) in [5, 5.41) is 10.5. The standard InChI is InChI=1S/C12H9N3O3/c16-15(17)7-8-3-4-9-10(6-8)14-12(13-9)11-2-1-5-18-11/h1-6H,7H2,(H,13,14). The van der Waals surface area contributed by atoms with E-state index < -0.39 is 0 Å². The van der Waals surface area contributed by atoms with E-state index in [0.29, 0.717) is 17.1 Å². The first-order valence-electron chi connectivity index (χ1n) is 5.37. The molecule has 0 atom stereocenters. The molecule has 6 heteroatoms. The number of furan rings is 1. The zero-order chi connectivity index (χ0) is 12.5. The van der Waals surface area contributed by atoms with Crippen LogP contribution >= 0.6 is 0 Å². The maximum atomic E-state index is 10.5. The minimum absolute atomic E-state index is 0.189. The average molecular weight is 243 g/mol. The number of nitrogens with zero attached hydrogens (tertiary/aromatic N) is 2. The third-order valence-corrected chi connectivity index (χ3v) is 2.61. The minimum Gasteiger partial charge on any atom is -0.461 e. The predicted octanol–water partition coefficient (Wildman–Crippen LogP) is 2.60. The first-order valence-corrected chi connectivity index (χ1v) is 5.37. The quantitative estimate of drug-likeness (QED) is 0.566. The molecular formula is C12H9N3O3. The fourth-order valence-electron chi connectivity index (χ4n) is 1.83. The van der Waals surface area contributed by atoms with Crippen molar-refractivity contribution in [3.05, 3.63) is 52.3 Å². The Morgan fingerprint density at radius 2 is 2.28 bits per heavy atom. The van der Waals surface area contributed by atoms with Crippen LogP contribution in [0.15, 0.2) is 41.0 Å². The number of aromatic nitrogens is 2. The van der Waals surface area contributed by atoms with Crippen LogP contribution in [0.25, 0.3) is 22.6 Å². The number of benzene rings is 1. The van der Waals surface area contributed by atoms with E-state index in [4.69, 9.17) is 4.42 Å². The van der Waals surface area contributed by atoms with Crippen LogP contribution in [0.2, 0.25) is 0 Å². The molecule has 6 nitrogen and oxygen atoms in total. The number of hydrogen-bond acceptors (Lipinski definition) is 4. The second kappa shape index (κ2) is 3.99. The number of H-pyrrole nitrogens is 1. The first kappa shape index (κ1) is 10.5. The lowest BCUT2D eigenvalue weighted by Gasteiger charge is -1.94. The van der Waals surface area contributed by atoms with Gasteiger partial charge in [0.2, 0.25) is 6.54 Å². The topological polar surface area (TPSA) is 85.0 Å². The molecular weight excluding hydrogens is 234 g/mol. The summed E-state index contributed by atoms with van der Waals surface area (Å²) < 4.78 is 5.24. The lowest BCUT2D eigenvalue weighted by molar-refractivity contribution is -0.496. The molecule has 3 aromatic rings. The van der Waals surface area contributed by atoms with E-state index >= 15 is 0 Å². The van der Waals surface area contributed by atoms with Gasteiger partial charge in [-0.05, 0) is 24.3 Å². The first-order chi connectivity index (χ1) is 8.72. The molecule has 0 bridgehead atoms. The molecule has 0 aliphatic carbocycles. The molecule has 0 saturated heterocycles. The van der Waals surface area contributed by atoms with E-state index in [9.17, 15) is 10.1 Å². The van der Waals surface area contributed by atoms with E-state index in [1.54, 1.807) is 36.6 Å². The summed E-state index contributed by atoms with van der Waals surface area (Å²) in [5.74, 6) is 1.26. The van der Waals surface area contributed by atoms with Crippen molar-refractivity contribution in [2.24, 2.45) is 0 Å². The highest BCUT2D eigenvalue weighted by Crippen LogP contribution is 2.21. The highest BCUT2D eigenvalue weighted by Gasteiger charge is 2.09. The summed E-state index contributed by atoms with van der Waals surface area (Å²) in [5.41, 5.74) is 2.16. The van der Waals surface area contributed by atoms with Gasteiger partial charge in [-0.15, -0.1) is 0 Å². The summed E-state index contributed by atoms with van der Waals surface area (Å²) in [6.07, 6.45) is 1.57. The Labute approximate surface area is 101 Å². The Bertz CT molecular complexity index is 701. The molecule has 1 N–H and O–H groups in total. The zero-order valence-electron chi connectivity index (χ0n) is 9.29. The lowest BCUT2D eigenvalue weighted by atomic mass is 10.2. The molecule has 0 unspecified atom stereocenters. The lowest BCUT2D eigenvalue weighted by Crippen LogP contribution is -1.97. The molecule has 1 aromatic carbocycles. The van der Waals surface area contributed by atoms with Gasteiger partial charge < -0.3 is 9.40 Å². The van der Waals surface area contributed by atoms with Crippen LogP contribution in [-0.2, 0) is 6.54 Å². The summed E-state index contributed by atoms with van der Waals surface area (Å²) in [7, 11) is 0. The Morgan fingerprint density at radius 1 is 1.39 bits per heavy atom. The molecule has 0 radical (unpaired) electrons. The molecule has 2 heterocycles. The number of imidazole rings is 1. The van der Waals surface area contributed by atoms with E-state index in [2.05, 4.69) is 9.97 Å². The zero-order valence-corrected chi connectivity index (χ0v) is 9.29. The molecule has 0 fully saturated rings. The Hall–Kier alpha value is -2.63. The van der Waals surface area contributed by atoms with Crippen LogP contribution in [0.4, 0.5) is 0 Å². The van der Waals surface area contributed by atoms with Gasteiger partial charge in [-0.2, -0.15) is 0 Å². The Kier molecular flexibility index (Phi) is 2.33. The third kappa shape index (κ3) is 1.84. The molecule has 90 valence electrons. The molecule has 0 saturated carbocycles. The molecule has 0 amide bonds. The number of nitrogens with one attached hydrogen (secondary N) is 1. The van der Waals surface area contributed by atoms with E-state index in [1.807, 2.05) is 0 Å². The number of nitro groups is 1. The second-order valence-corrected chi connectivity index (χ2v) is 3.91. The van der Waals surface area contributed by atoms with E-state index in [-0.39, 0.29) is 11.5 Å². The van der Waals surface area contributed by atoms with Crippen molar-refractivity contribution < 1.29 is 9.34 Å². The number of aromatic amines is 1. The molecule has 0 aliphatic heterocycles. The van der Waals surface area contributed by atoms with Crippen LogP contribution in [0.1, 0.15) is 5.56 Å². The average Bonchev–Trinajstić information content (AvgIpc) is 2.95. The van der Waals surface area contributed by atoms with Crippen molar-refractivity contribution in [2.75, 3.05) is 0 Å². The monoisotopic (exact) mass is 243 g/mol. The van der Waals surface area contributed by atoms with Gasteiger partial charge in [0.1, 0.15) is 0 Å². The van der Waals surface area contributed by atoms with Crippen LogP contribution < -0.4 is 0 Å². The largest absolute Gasteiger partial charge is 0.461 e. The maximum absolute atomic E-state index is 10.5. The highest BCUT2D eigenvalue weighted by molar-refractivity contribution is 5.79. The minimum atomic E-state index is -0.356. The van der Waals surface area contributed by atoms with Crippen LogP contribution in [0, 0.1) is 10.1 Å². The third-order valence-electron chi connectivity index (χ3n) is 2.61. The van der Waals surface area contributed by atoms with Gasteiger partial charge in [-0.1, -0.05) is 6.07 Å². The number of fused-ring (bicyclic) bond motifs is 1. The van der Waals surface area contributed by atoms with Gasteiger partial charge in [0.25, 0.3) is 0 Å². The van der Waals surface area contributed by atoms with Crippen molar-refractivity contribution in [3.8, 4) is 11.6 Å². The van der Waals surface area contributed by atoms with Crippen molar-refractivity contribution in [2.45, 2.75) is 6.54 Å². The van der Waals surface area contributed by atoms with Gasteiger partial charge in [0.15, 0.2) is 11.6 Å². The van der Waals surface area contributed by atoms with Crippen LogP contribution in [0.3, 0.4) is 0 Å². The van der Waals surface area contributed by atoms with Crippen molar-refractivity contribution in [1.82, 2.24) is 9.97 Å². The van der Waals surface area contributed by atoms with Gasteiger partial charge in [0.05, 0.1) is 17.3 Å². The van der Waals surface area contributed by atoms with E-state index in [1.165, 1.54) is 0 Å². The predicted molar refractivity (Wildman–Crippen MR) is 64.5 cm³/mol. The van der Waals surface area contributed by atoms with Gasteiger partial charge in [-0.25, -0.2) is 4.98 Å². The van der Waals surface area contributed by atoms with Gasteiger partial charge in [-0.3, -0.25) is 10.1 Å². The summed E-state index contributed by atoms with van der Waals surface area (Å²) in [4.78, 5) is 17.5. The SMILES string of the molecule is O=[N+]([O-])Cc1ccc2nc(-c3ccco3)[nH]c2c1. The molecule has 0 spiro atoms. The van der Waals surface area contributed by atoms with Gasteiger partial charge in [0, 0.05) is 10.5 Å². The summed E-state index contributed by atoms with van der Waals surface area (Å²) in [6.45, 7) is -0.189. The fraction of sp³-hybridized carbons (Fsp3) is 0.0833. The van der Waals surface area contributed by atoms with E-state index in [0.717, 1.165) is 11.0 Å². The summed E-state index contributed by atoms with van der Waals surface area (Å²) in [6, 6.07) is 8.78. The molecule has 3 rings (SSSR count). The van der Waals surface area contributed by atoms with Crippen molar-refractivity contribution in [1.29, 1.82) is 0 Å². The summed E-state index contributed by atoms with van der Waals surface area (Å²) >= 11 is 0. The Balaban J connectivity index is 2.04. The maximum Gasteiger partial charge on any atom is 0.229 e. The molecule has 2 aromatic heterocycles. The normalized spacial score (nSPS) is 10.9. The second-order valence-electron chi connectivity index (χ2n) is 3.91. The smallest absolute Gasteiger partial charge is 0.229 e. The highest BCUT2D eigenvalue weighted by atomic mass is 16.6. The number of rotatable bonds is 3. The van der Waals surface area contributed by atoms with Crippen molar-refractivity contribution in [3.63, 3.8) is 0 Å². The van der Waals surface area contributed by atoms with Crippen LogP contribution in [0.5, 0.6) is 0 Å². The fourth-order valence-corrected chi connectivity index (χ4v) is 1.83. The number of hydrogen-bond donors (Lipinski definition) is 1. The molecule has 0 aliphatic rings.